The first-order valence-corrected chi connectivity index (χ1v) is 10.00. The Morgan fingerprint density at radius 2 is 1.84 bits per heavy atom. The highest BCUT2D eigenvalue weighted by atomic mass is 35.5. The zero-order valence-corrected chi connectivity index (χ0v) is 17.5. The van der Waals surface area contributed by atoms with E-state index < -0.39 is 11.6 Å². The summed E-state index contributed by atoms with van der Waals surface area (Å²) in [5, 5.41) is 12.5. The fraction of sp³-hybridized carbons (Fsp3) is 0.0909. The van der Waals surface area contributed by atoms with Gasteiger partial charge in [0, 0.05) is 16.8 Å². The molecule has 0 unspecified atom stereocenters. The Bertz CT molecular complexity index is 1530. The first-order valence-electron chi connectivity index (χ1n) is 9.62. The van der Waals surface area contributed by atoms with E-state index in [1.165, 1.54) is 7.11 Å². The number of tetrazole rings is 1. The highest BCUT2D eigenvalue weighted by molar-refractivity contribution is 6.32. The van der Waals surface area contributed by atoms with E-state index in [9.17, 15) is 9.59 Å². The third-order valence-corrected chi connectivity index (χ3v) is 5.31. The number of anilines is 1. The van der Waals surface area contributed by atoms with Gasteiger partial charge >= 0.3 is 5.69 Å². The largest absolute Gasteiger partial charge is 0.495 e. The minimum atomic E-state index is -0.590. The van der Waals surface area contributed by atoms with Gasteiger partial charge < -0.3 is 14.5 Å². The number of methoxy groups -OCH3 is 1. The molecule has 160 valence electrons. The van der Waals surface area contributed by atoms with Crippen LogP contribution in [0.3, 0.4) is 0 Å². The minimum Gasteiger partial charge on any atom is -0.495 e. The van der Waals surface area contributed by atoms with E-state index in [1.807, 2.05) is 24.3 Å². The van der Waals surface area contributed by atoms with E-state index in [0.717, 1.165) is 25.7 Å². The van der Waals surface area contributed by atoms with Crippen molar-refractivity contribution in [3.8, 4) is 11.4 Å². The third-order valence-electron chi connectivity index (χ3n) is 4.99. The molecule has 2 aromatic heterocycles. The molecule has 0 fully saturated rings. The van der Waals surface area contributed by atoms with Gasteiger partial charge in [-0.25, -0.2) is 4.79 Å². The summed E-state index contributed by atoms with van der Waals surface area (Å²) in [5.41, 5.74) is 1.53. The molecule has 0 aliphatic heterocycles. The number of hydrogen-bond donors (Lipinski definition) is 1. The van der Waals surface area contributed by atoms with Crippen LogP contribution in [0.15, 0.2) is 69.9 Å². The van der Waals surface area contributed by atoms with Gasteiger partial charge in [0.05, 0.1) is 23.5 Å². The summed E-state index contributed by atoms with van der Waals surface area (Å²) in [6.07, 6.45) is 0. The smallest absolute Gasteiger partial charge is 0.369 e. The van der Waals surface area contributed by atoms with Crippen LogP contribution in [-0.4, -0.2) is 32.8 Å². The molecule has 0 saturated carbocycles. The predicted molar refractivity (Wildman–Crippen MR) is 120 cm³/mol. The number of amides is 1. The number of fused-ring (bicyclic) bond motifs is 3. The molecule has 9 nitrogen and oxygen atoms in total. The summed E-state index contributed by atoms with van der Waals surface area (Å²) in [6, 6.07) is 17.9. The fourth-order valence-corrected chi connectivity index (χ4v) is 3.71. The lowest BCUT2D eigenvalue weighted by atomic mass is 10.1. The van der Waals surface area contributed by atoms with Crippen LogP contribution in [0.1, 0.15) is 0 Å². The van der Waals surface area contributed by atoms with Gasteiger partial charge in [-0.05, 0) is 34.7 Å². The molecule has 0 spiro atoms. The van der Waals surface area contributed by atoms with Crippen LogP contribution in [0.2, 0.25) is 5.02 Å². The van der Waals surface area contributed by atoms with Crippen LogP contribution >= 0.6 is 11.6 Å². The lowest BCUT2D eigenvalue weighted by Gasteiger charge is -2.10. The summed E-state index contributed by atoms with van der Waals surface area (Å²) < 4.78 is 13.3. The maximum atomic E-state index is 12.7. The number of benzene rings is 3. The number of carbonyl (C=O) groups excluding carboxylic acids is 1. The van der Waals surface area contributed by atoms with Crippen molar-refractivity contribution in [2.45, 2.75) is 6.54 Å². The standard InChI is InChI=1S/C22H16ClN5O4/c1-31-20-10-14-13-6-2-5-9-18(13)32-19(14)11-16(20)24-21(29)12-27-22(30)28(26-25-27)17-8-4-3-7-15(17)23/h2-11H,12H2,1H3,(H,24,29). The second kappa shape index (κ2) is 7.86. The van der Waals surface area contributed by atoms with Gasteiger partial charge in [0.25, 0.3) is 0 Å². The van der Waals surface area contributed by atoms with Crippen molar-refractivity contribution in [1.29, 1.82) is 0 Å². The summed E-state index contributed by atoms with van der Waals surface area (Å²) in [6.45, 7) is -0.343. The number of rotatable bonds is 5. The Morgan fingerprint density at radius 1 is 1.06 bits per heavy atom. The average molecular weight is 450 g/mol. The van der Waals surface area contributed by atoms with E-state index in [-0.39, 0.29) is 6.54 Å². The Balaban J connectivity index is 1.43. The molecule has 0 aliphatic carbocycles. The molecule has 5 aromatic rings. The van der Waals surface area contributed by atoms with Crippen LogP contribution in [-0.2, 0) is 11.3 Å². The van der Waals surface area contributed by atoms with Crippen LogP contribution in [0.4, 0.5) is 5.69 Å². The summed E-state index contributed by atoms with van der Waals surface area (Å²) >= 11 is 6.12. The molecule has 0 atom stereocenters. The number of nitrogens with zero attached hydrogens (tertiary/aromatic N) is 4. The highest BCUT2D eigenvalue weighted by Gasteiger charge is 2.17. The van der Waals surface area contributed by atoms with Crippen LogP contribution < -0.4 is 15.7 Å². The third kappa shape index (κ3) is 3.38. The zero-order valence-electron chi connectivity index (χ0n) is 16.8. The van der Waals surface area contributed by atoms with Crippen molar-refractivity contribution in [2.75, 3.05) is 12.4 Å². The van der Waals surface area contributed by atoms with Gasteiger partial charge in [-0.3, -0.25) is 4.79 Å². The summed E-state index contributed by atoms with van der Waals surface area (Å²) in [4.78, 5) is 25.3. The molecule has 10 heteroatoms. The molecule has 0 saturated heterocycles. The van der Waals surface area contributed by atoms with Crippen LogP contribution in [0, 0.1) is 0 Å². The number of hydrogen-bond acceptors (Lipinski definition) is 6. The molecule has 0 radical (unpaired) electrons. The molecule has 0 aliphatic rings. The topological polar surface area (TPSA) is 104 Å². The van der Waals surface area contributed by atoms with Crippen LogP contribution in [0.25, 0.3) is 27.6 Å². The second-order valence-corrected chi connectivity index (χ2v) is 7.38. The lowest BCUT2D eigenvalue weighted by molar-refractivity contribution is -0.117. The van der Waals surface area contributed by atoms with Gasteiger partial charge in [0.15, 0.2) is 0 Å². The molecular weight excluding hydrogens is 434 g/mol. The number of nitrogens with one attached hydrogen (secondary N) is 1. The van der Waals surface area contributed by atoms with Crippen LogP contribution in [0.5, 0.6) is 5.75 Å². The quantitative estimate of drug-likeness (QED) is 0.439. The van der Waals surface area contributed by atoms with Crippen molar-refractivity contribution in [1.82, 2.24) is 19.8 Å². The first-order chi connectivity index (χ1) is 15.5. The van der Waals surface area contributed by atoms with Crippen molar-refractivity contribution in [3.05, 3.63) is 76.2 Å². The number of halogens is 1. The number of aromatic nitrogens is 4. The van der Waals surface area contributed by atoms with E-state index in [0.29, 0.717) is 27.7 Å². The Morgan fingerprint density at radius 3 is 2.66 bits per heavy atom. The molecule has 2 heterocycles. The van der Waals surface area contributed by atoms with E-state index >= 15 is 0 Å². The van der Waals surface area contributed by atoms with E-state index in [2.05, 4.69) is 15.7 Å². The Labute approximate surface area is 185 Å². The zero-order chi connectivity index (χ0) is 22.2. The van der Waals surface area contributed by atoms with Gasteiger partial charge in [-0.2, -0.15) is 9.36 Å². The molecule has 5 rings (SSSR count). The molecular formula is C22H16ClN5O4. The number of carbonyl (C=O) groups is 1. The molecule has 1 amide bonds. The van der Waals surface area contributed by atoms with E-state index in [1.54, 1.807) is 36.4 Å². The monoisotopic (exact) mass is 449 g/mol. The number of ether oxygens (including phenoxy) is 1. The van der Waals surface area contributed by atoms with Crippen molar-refractivity contribution < 1.29 is 13.9 Å². The van der Waals surface area contributed by atoms with Gasteiger partial charge in [0.1, 0.15) is 23.5 Å². The number of furan rings is 1. The van der Waals surface area contributed by atoms with Gasteiger partial charge in [-0.1, -0.05) is 41.9 Å². The number of para-hydroxylation sites is 2. The fourth-order valence-electron chi connectivity index (χ4n) is 3.49. The van der Waals surface area contributed by atoms with Crippen molar-refractivity contribution in [3.63, 3.8) is 0 Å². The van der Waals surface area contributed by atoms with Gasteiger partial charge in [0.2, 0.25) is 5.91 Å². The summed E-state index contributed by atoms with van der Waals surface area (Å²) in [7, 11) is 1.51. The maximum Gasteiger partial charge on any atom is 0.369 e. The molecule has 3 aromatic carbocycles. The minimum absolute atomic E-state index is 0.343. The maximum absolute atomic E-state index is 12.7. The second-order valence-electron chi connectivity index (χ2n) is 6.98. The van der Waals surface area contributed by atoms with E-state index in [4.69, 9.17) is 20.8 Å². The predicted octanol–water partition coefficient (Wildman–Crippen LogP) is 3.63. The molecule has 0 bridgehead atoms. The first kappa shape index (κ1) is 19.8. The average Bonchev–Trinajstić information content (AvgIpc) is 3.33. The SMILES string of the molecule is COc1cc2c(cc1NC(=O)Cn1nnn(-c3ccccc3Cl)c1=O)oc1ccccc12. The molecule has 32 heavy (non-hydrogen) atoms. The molecule has 1 N–H and O–H groups in total. The van der Waals surface area contributed by atoms with Crippen molar-refractivity contribution in [2.24, 2.45) is 0 Å². The normalized spacial score (nSPS) is 11.2. The van der Waals surface area contributed by atoms with Crippen molar-refractivity contribution >= 4 is 45.1 Å². The highest BCUT2D eigenvalue weighted by Crippen LogP contribution is 2.36. The Kier molecular flexibility index (Phi) is 4.87. The lowest BCUT2D eigenvalue weighted by Crippen LogP contribution is -2.29. The Hall–Kier alpha value is -4.11. The summed E-state index contributed by atoms with van der Waals surface area (Å²) in [5.74, 6) is -0.0171. The van der Waals surface area contributed by atoms with Gasteiger partial charge in [-0.15, -0.1) is 0 Å².